The van der Waals surface area contributed by atoms with E-state index in [4.69, 9.17) is 16.3 Å². The van der Waals surface area contributed by atoms with Crippen molar-refractivity contribution in [3.05, 3.63) is 62.1 Å². The number of halogens is 3. The molecule has 5 rings (SSSR count). The molecule has 1 N–H and O–H groups in total. The number of piperidine rings is 1. The van der Waals surface area contributed by atoms with Crippen molar-refractivity contribution >= 4 is 45.1 Å². The molecule has 2 aliphatic rings. The number of hydrogen-bond acceptors (Lipinski definition) is 3. The van der Waals surface area contributed by atoms with Crippen molar-refractivity contribution in [3.8, 4) is 0 Å². The number of nitrogens with zero attached hydrogens (tertiary/aromatic N) is 2. The number of hydrogen-bond donors (Lipinski definition) is 1. The molecule has 0 bridgehead atoms. The van der Waals surface area contributed by atoms with Crippen molar-refractivity contribution in [1.29, 1.82) is 0 Å². The maximum atomic E-state index is 13.5. The van der Waals surface area contributed by atoms with Crippen LogP contribution >= 0.6 is 34.2 Å². The summed E-state index contributed by atoms with van der Waals surface area (Å²) in [6, 6.07) is 11.6. The first-order chi connectivity index (χ1) is 15.0. The summed E-state index contributed by atoms with van der Waals surface area (Å²) in [6.45, 7) is 4.58. The molecule has 2 aromatic carbocycles. The van der Waals surface area contributed by atoms with Gasteiger partial charge in [-0.1, -0.05) is 29.8 Å². The summed E-state index contributed by atoms with van der Waals surface area (Å²) in [6.07, 6.45) is 4.14. The fraction of sp³-hybridized carbons (Fsp3) is 0.458. The Morgan fingerprint density at radius 3 is 2.61 bits per heavy atom. The molecule has 1 aromatic heterocycles. The molecule has 1 atom stereocenters. The fourth-order valence-electron chi connectivity index (χ4n) is 4.73. The van der Waals surface area contributed by atoms with Gasteiger partial charge in [0.05, 0.1) is 29.7 Å². The Kier molecular flexibility index (Phi) is 6.01. The minimum absolute atomic E-state index is 0.100. The summed E-state index contributed by atoms with van der Waals surface area (Å²) in [5.74, 6) is -0.200. The average Bonchev–Trinajstić information content (AvgIpc) is 3.56. The molecule has 0 spiro atoms. The second kappa shape index (κ2) is 8.61. The monoisotopic (exact) mass is 553 g/mol. The van der Waals surface area contributed by atoms with Gasteiger partial charge in [-0.3, -0.25) is 4.68 Å². The molecule has 7 heteroatoms. The molecular weight excluding hydrogens is 528 g/mol. The number of benzene rings is 2. The van der Waals surface area contributed by atoms with E-state index in [-0.39, 0.29) is 17.3 Å². The highest BCUT2D eigenvalue weighted by Crippen LogP contribution is 2.43. The van der Waals surface area contributed by atoms with Crippen molar-refractivity contribution in [3.63, 3.8) is 0 Å². The van der Waals surface area contributed by atoms with E-state index in [0.29, 0.717) is 17.8 Å². The van der Waals surface area contributed by atoms with Crippen LogP contribution in [0.5, 0.6) is 0 Å². The lowest BCUT2D eigenvalue weighted by molar-refractivity contribution is 0.0171. The van der Waals surface area contributed by atoms with Crippen LogP contribution in [-0.4, -0.2) is 29.5 Å². The van der Waals surface area contributed by atoms with Gasteiger partial charge in [0.2, 0.25) is 0 Å². The van der Waals surface area contributed by atoms with Gasteiger partial charge in [-0.25, -0.2) is 4.39 Å². The van der Waals surface area contributed by atoms with E-state index in [1.807, 2.05) is 12.1 Å². The first-order valence-electron chi connectivity index (χ1n) is 10.9. The van der Waals surface area contributed by atoms with E-state index in [9.17, 15) is 4.39 Å². The quantitative estimate of drug-likeness (QED) is 0.371. The van der Waals surface area contributed by atoms with Crippen LogP contribution in [0.25, 0.3) is 10.9 Å². The van der Waals surface area contributed by atoms with Gasteiger partial charge in [-0.2, -0.15) is 5.10 Å². The van der Waals surface area contributed by atoms with Crippen LogP contribution < -0.4 is 5.32 Å². The normalized spacial score (nSPS) is 19.6. The SMILES string of the molecule is CC(OCC1(c2ccc(F)cc2)CCNCC1)c1ccc(I)c2c(Cl)nn(C3CC3)c12. The van der Waals surface area contributed by atoms with Crippen LogP contribution in [-0.2, 0) is 10.2 Å². The number of nitrogens with one attached hydrogen (secondary N) is 1. The second-order valence-electron chi connectivity index (χ2n) is 8.82. The number of rotatable bonds is 6. The van der Waals surface area contributed by atoms with E-state index >= 15 is 0 Å². The number of fused-ring (bicyclic) bond motifs is 1. The highest BCUT2D eigenvalue weighted by Gasteiger charge is 2.36. The molecule has 1 unspecified atom stereocenters. The van der Waals surface area contributed by atoms with E-state index in [0.717, 1.165) is 64.4 Å². The Labute approximate surface area is 200 Å². The average molecular weight is 554 g/mol. The van der Waals surface area contributed by atoms with Crippen LogP contribution in [0.3, 0.4) is 0 Å². The van der Waals surface area contributed by atoms with Gasteiger partial charge in [0.1, 0.15) is 5.82 Å². The Morgan fingerprint density at radius 1 is 1.23 bits per heavy atom. The minimum atomic E-state index is -0.200. The Hall–Kier alpha value is -1.22. The van der Waals surface area contributed by atoms with Gasteiger partial charge >= 0.3 is 0 Å². The zero-order valence-electron chi connectivity index (χ0n) is 17.5. The summed E-state index contributed by atoms with van der Waals surface area (Å²) in [5, 5.41) is 9.69. The van der Waals surface area contributed by atoms with E-state index in [1.54, 1.807) is 12.1 Å². The molecule has 0 amide bonds. The molecule has 2 fully saturated rings. The van der Waals surface area contributed by atoms with Crippen molar-refractivity contribution in [2.45, 2.75) is 50.2 Å². The zero-order valence-corrected chi connectivity index (χ0v) is 20.4. The van der Waals surface area contributed by atoms with Crippen molar-refractivity contribution in [2.24, 2.45) is 0 Å². The largest absolute Gasteiger partial charge is 0.373 e. The third-order valence-electron chi connectivity index (χ3n) is 6.75. The molecule has 2 heterocycles. The predicted molar refractivity (Wildman–Crippen MR) is 130 cm³/mol. The first-order valence-corrected chi connectivity index (χ1v) is 12.4. The lowest BCUT2D eigenvalue weighted by Gasteiger charge is -2.39. The number of ether oxygens (including phenoxy) is 1. The molecule has 1 saturated heterocycles. The maximum absolute atomic E-state index is 13.5. The lowest BCUT2D eigenvalue weighted by atomic mass is 9.74. The smallest absolute Gasteiger partial charge is 0.160 e. The van der Waals surface area contributed by atoms with E-state index < -0.39 is 0 Å². The van der Waals surface area contributed by atoms with Crippen LogP contribution in [0.15, 0.2) is 36.4 Å². The predicted octanol–water partition coefficient (Wildman–Crippen LogP) is 6.17. The van der Waals surface area contributed by atoms with Gasteiger partial charge in [-0.05, 0) is 92.0 Å². The van der Waals surface area contributed by atoms with Crippen LogP contribution in [0.2, 0.25) is 5.15 Å². The molecule has 3 aromatic rings. The van der Waals surface area contributed by atoms with Crippen molar-refractivity contribution in [2.75, 3.05) is 19.7 Å². The summed E-state index contributed by atoms with van der Waals surface area (Å²) < 4.78 is 23.3. The molecule has 0 radical (unpaired) electrons. The van der Waals surface area contributed by atoms with Gasteiger partial charge < -0.3 is 10.1 Å². The van der Waals surface area contributed by atoms with Gasteiger partial charge in [0.15, 0.2) is 5.15 Å². The molecule has 4 nitrogen and oxygen atoms in total. The van der Waals surface area contributed by atoms with E-state index in [1.165, 1.54) is 0 Å². The Balaban J connectivity index is 1.45. The lowest BCUT2D eigenvalue weighted by Crippen LogP contribution is -2.43. The van der Waals surface area contributed by atoms with Gasteiger partial charge in [0.25, 0.3) is 0 Å². The summed E-state index contributed by atoms with van der Waals surface area (Å²) in [5.41, 5.74) is 3.28. The Morgan fingerprint density at radius 2 is 1.94 bits per heavy atom. The van der Waals surface area contributed by atoms with Gasteiger partial charge in [-0.15, -0.1) is 0 Å². The molecule has 1 saturated carbocycles. The third kappa shape index (κ3) is 4.12. The standard InChI is InChI=1S/C24H26ClFIN3O/c1-15(19-8-9-20(27)21-22(19)30(18-6-7-18)29-23(21)25)31-14-24(10-12-28-13-11-24)16-2-4-17(26)5-3-16/h2-5,8-9,15,18,28H,6-7,10-14H2,1H3. The van der Waals surface area contributed by atoms with Gasteiger partial charge in [0, 0.05) is 14.5 Å². The zero-order chi connectivity index (χ0) is 21.6. The molecule has 31 heavy (non-hydrogen) atoms. The second-order valence-corrected chi connectivity index (χ2v) is 10.3. The summed E-state index contributed by atoms with van der Waals surface area (Å²) >= 11 is 8.86. The summed E-state index contributed by atoms with van der Waals surface area (Å²) in [4.78, 5) is 0. The van der Waals surface area contributed by atoms with E-state index in [2.05, 4.69) is 56.7 Å². The molecule has 1 aliphatic heterocycles. The third-order valence-corrected chi connectivity index (χ3v) is 7.91. The van der Waals surface area contributed by atoms with Crippen molar-refractivity contribution < 1.29 is 9.13 Å². The molecule has 164 valence electrons. The fourth-order valence-corrected chi connectivity index (χ4v) is 5.85. The van der Waals surface area contributed by atoms with Crippen LogP contribution in [0.1, 0.15) is 55.9 Å². The van der Waals surface area contributed by atoms with Crippen LogP contribution in [0, 0.1) is 9.39 Å². The van der Waals surface area contributed by atoms with Crippen molar-refractivity contribution in [1.82, 2.24) is 15.1 Å². The topological polar surface area (TPSA) is 39.1 Å². The molecule has 1 aliphatic carbocycles. The number of aromatic nitrogens is 2. The summed E-state index contributed by atoms with van der Waals surface area (Å²) in [7, 11) is 0. The molecular formula is C24H26ClFIN3O. The first kappa shape index (κ1) is 21.6. The highest BCUT2D eigenvalue weighted by atomic mass is 127. The highest BCUT2D eigenvalue weighted by molar-refractivity contribution is 14.1. The Bertz CT molecular complexity index is 1090. The minimum Gasteiger partial charge on any atom is -0.373 e. The maximum Gasteiger partial charge on any atom is 0.160 e. The van der Waals surface area contributed by atoms with Crippen LogP contribution in [0.4, 0.5) is 4.39 Å².